The van der Waals surface area contributed by atoms with Crippen LogP contribution in [0.5, 0.6) is 0 Å². The summed E-state index contributed by atoms with van der Waals surface area (Å²) in [5.74, 6) is 5.76. The first-order valence-corrected chi connectivity index (χ1v) is 4.07. The summed E-state index contributed by atoms with van der Waals surface area (Å²) in [5.41, 5.74) is -0.00528. The molecule has 2 nitrogen and oxygen atoms in total. The molecule has 0 aliphatic heterocycles. The van der Waals surface area contributed by atoms with Crippen molar-refractivity contribution in [3.05, 3.63) is 0 Å². The molecule has 0 heterocycles. The van der Waals surface area contributed by atoms with E-state index in [-0.39, 0.29) is 17.4 Å². The Morgan fingerprint density at radius 2 is 1.92 bits per heavy atom. The van der Waals surface area contributed by atoms with Crippen LogP contribution in [0.3, 0.4) is 0 Å². The Morgan fingerprint density at radius 3 is 2.17 bits per heavy atom. The van der Waals surface area contributed by atoms with Gasteiger partial charge in [0.1, 0.15) is 0 Å². The highest BCUT2D eigenvalue weighted by atomic mass is 16.1. The highest BCUT2D eigenvalue weighted by molar-refractivity contribution is 5.73. The molecule has 0 saturated carbocycles. The maximum atomic E-state index is 10.8. The second-order valence-electron chi connectivity index (χ2n) is 3.89. The molecule has 1 amide bonds. The minimum absolute atomic E-state index is 0.00528. The van der Waals surface area contributed by atoms with Gasteiger partial charge in [-0.3, -0.25) is 4.79 Å². The first-order chi connectivity index (χ1) is 5.38. The molecular weight excluding hydrogens is 150 g/mol. The average molecular weight is 167 g/mol. The molecule has 0 aliphatic rings. The first-order valence-electron chi connectivity index (χ1n) is 4.07. The lowest BCUT2D eigenvalue weighted by molar-refractivity contribution is -0.119. The van der Waals surface area contributed by atoms with E-state index < -0.39 is 0 Å². The van der Waals surface area contributed by atoms with Crippen LogP contribution in [-0.2, 0) is 4.79 Å². The third-order valence-corrected chi connectivity index (χ3v) is 1.50. The molecule has 0 radical (unpaired) electrons. The number of hydrogen-bond donors (Lipinski definition) is 1. The highest BCUT2D eigenvalue weighted by Gasteiger charge is 2.22. The van der Waals surface area contributed by atoms with Gasteiger partial charge in [-0.05, 0) is 12.3 Å². The van der Waals surface area contributed by atoms with E-state index in [4.69, 9.17) is 0 Å². The molecule has 0 spiro atoms. The molecule has 0 unspecified atom stereocenters. The molecule has 1 N–H and O–H groups in total. The minimum Gasteiger partial charge on any atom is -0.342 e. The van der Waals surface area contributed by atoms with Gasteiger partial charge < -0.3 is 5.32 Å². The van der Waals surface area contributed by atoms with Gasteiger partial charge in [0.05, 0.1) is 6.04 Å². The monoisotopic (exact) mass is 167 g/mol. The molecule has 2 heteroatoms. The lowest BCUT2D eigenvalue weighted by Crippen LogP contribution is -2.41. The van der Waals surface area contributed by atoms with E-state index in [1.807, 2.05) is 0 Å². The van der Waals surface area contributed by atoms with E-state index in [1.165, 1.54) is 6.92 Å². The molecule has 1 atom stereocenters. The Kier molecular flexibility index (Phi) is 3.82. The quantitative estimate of drug-likeness (QED) is 0.590. The summed E-state index contributed by atoms with van der Waals surface area (Å²) in [6.07, 6.45) is 0. The zero-order valence-electron chi connectivity index (χ0n) is 8.49. The van der Waals surface area contributed by atoms with Crippen LogP contribution in [0, 0.1) is 17.3 Å². The highest BCUT2D eigenvalue weighted by Crippen LogP contribution is 2.18. The van der Waals surface area contributed by atoms with E-state index in [1.54, 1.807) is 6.92 Å². The van der Waals surface area contributed by atoms with Crippen molar-refractivity contribution in [3.8, 4) is 11.8 Å². The van der Waals surface area contributed by atoms with E-state index >= 15 is 0 Å². The molecule has 0 fully saturated rings. The van der Waals surface area contributed by atoms with Gasteiger partial charge in [0, 0.05) is 6.92 Å². The second-order valence-corrected chi connectivity index (χ2v) is 3.89. The van der Waals surface area contributed by atoms with Crippen molar-refractivity contribution in [2.45, 2.75) is 40.7 Å². The molecule has 0 bridgehead atoms. The summed E-state index contributed by atoms with van der Waals surface area (Å²) < 4.78 is 0. The SMILES string of the molecule is CC#C[C@H](NC(C)=O)C(C)(C)C. The fourth-order valence-corrected chi connectivity index (χ4v) is 0.817. The number of carbonyl (C=O) groups is 1. The van der Waals surface area contributed by atoms with Gasteiger partial charge >= 0.3 is 0 Å². The molecule has 12 heavy (non-hydrogen) atoms. The maximum Gasteiger partial charge on any atom is 0.217 e. The normalized spacial score (nSPS) is 12.8. The number of amides is 1. The number of nitrogens with one attached hydrogen (secondary N) is 1. The fourth-order valence-electron chi connectivity index (χ4n) is 0.817. The summed E-state index contributed by atoms with van der Waals surface area (Å²) in [7, 11) is 0. The largest absolute Gasteiger partial charge is 0.342 e. The van der Waals surface area contributed by atoms with Crippen molar-refractivity contribution in [1.29, 1.82) is 0 Å². The lowest BCUT2D eigenvalue weighted by Gasteiger charge is -2.26. The van der Waals surface area contributed by atoms with Gasteiger partial charge in [-0.2, -0.15) is 0 Å². The molecular formula is C10H17NO. The van der Waals surface area contributed by atoms with Crippen molar-refractivity contribution >= 4 is 5.91 Å². The fraction of sp³-hybridized carbons (Fsp3) is 0.700. The van der Waals surface area contributed by atoms with E-state index in [2.05, 4.69) is 37.9 Å². The first kappa shape index (κ1) is 11.0. The van der Waals surface area contributed by atoms with Crippen molar-refractivity contribution < 1.29 is 4.79 Å². The van der Waals surface area contributed by atoms with E-state index in [9.17, 15) is 4.79 Å². The standard InChI is InChI=1S/C10H17NO/c1-6-7-9(10(3,4)5)11-8(2)12/h9H,1-5H3,(H,11,12)/t9-/m0/s1. The average Bonchev–Trinajstić information content (AvgIpc) is 1.83. The van der Waals surface area contributed by atoms with Crippen LogP contribution in [0.4, 0.5) is 0 Å². The van der Waals surface area contributed by atoms with E-state index in [0.29, 0.717) is 0 Å². The van der Waals surface area contributed by atoms with Crippen molar-refractivity contribution in [2.24, 2.45) is 5.41 Å². The van der Waals surface area contributed by atoms with Gasteiger partial charge in [0.15, 0.2) is 0 Å². The number of hydrogen-bond acceptors (Lipinski definition) is 1. The Hall–Kier alpha value is -0.970. The zero-order chi connectivity index (χ0) is 9.78. The van der Waals surface area contributed by atoms with Gasteiger partial charge in [-0.25, -0.2) is 0 Å². The van der Waals surface area contributed by atoms with Crippen molar-refractivity contribution in [2.75, 3.05) is 0 Å². The summed E-state index contributed by atoms with van der Waals surface area (Å²) in [6, 6.07) is -0.0556. The number of rotatable bonds is 1. The van der Waals surface area contributed by atoms with Crippen LogP contribution in [0.15, 0.2) is 0 Å². The summed E-state index contributed by atoms with van der Waals surface area (Å²) >= 11 is 0. The molecule has 0 aromatic heterocycles. The van der Waals surface area contributed by atoms with Crippen LogP contribution in [-0.4, -0.2) is 11.9 Å². The lowest BCUT2D eigenvalue weighted by atomic mass is 9.87. The topological polar surface area (TPSA) is 29.1 Å². The molecule has 0 saturated heterocycles. The predicted octanol–water partition coefficient (Wildman–Crippen LogP) is 1.56. The molecule has 0 rings (SSSR count). The zero-order valence-corrected chi connectivity index (χ0v) is 8.49. The Balaban J connectivity index is 4.41. The maximum absolute atomic E-state index is 10.8. The van der Waals surface area contributed by atoms with Gasteiger partial charge in [0.25, 0.3) is 0 Å². The predicted molar refractivity (Wildman–Crippen MR) is 50.5 cm³/mol. The van der Waals surface area contributed by atoms with Crippen LogP contribution in [0.25, 0.3) is 0 Å². The minimum atomic E-state index is -0.0556. The second kappa shape index (κ2) is 4.15. The van der Waals surface area contributed by atoms with Crippen LogP contribution in [0.1, 0.15) is 34.6 Å². The third kappa shape index (κ3) is 4.02. The van der Waals surface area contributed by atoms with Crippen molar-refractivity contribution in [3.63, 3.8) is 0 Å². The van der Waals surface area contributed by atoms with Crippen molar-refractivity contribution in [1.82, 2.24) is 5.32 Å². The third-order valence-electron chi connectivity index (χ3n) is 1.50. The molecule has 68 valence electrons. The van der Waals surface area contributed by atoms with Crippen LogP contribution < -0.4 is 5.32 Å². The van der Waals surface area contributed by atoms with Gasteiger partial charge in [0.2, 0.25) is 5.91 Å². The van der Waals surface area contributed by atoms with Crippen LogP contribution >= 0.6 is 0 Å². The van der Waals surface area contributed by atoms with Gasteiger partial charge in [-0.1, -0.05) is 26.7 Å². The Bertz CT molecular complexity index is 214. The Morgan fingerprint density at radius 1 is 1.42 bits per heavy atom. The smallest absolute Gasteiger partial charge is 0.217 e. The molecule has 0 aromatic rings. The molecule has 0 aromatic carbocycles. The van der Waals surface area contributed by atoms with Crippen LogP contribution in [0.2, 0.25) is 0 Å². The molecule has 0 aliphatic carbocycles. The van der Waals surface area contributed by atoms with Gasteiger partial charge in [-0.15, -0.1) is 5.92 Å². The number of carbonyl (C=O) groups excluding carboxylic acids is 1. The summed E-state index contributed by atoms with van der Waals surface area (Å²) in [5, 5.41) is 2.81. The Labute approximate surface area is 74.7 Å². The summed E-state index contributed by atoms with van der Waals surface area (Å²) in [4.78, 5) is 10.8. The van der Waals surface area contributed by atoms with E-state index in [0.717, 1.165) is 0 Å². The summed E-state index contributed by atoms with van der Waals surface area (Å²) in [6.45, 7) is 9.45.